The minimum atomic E-state index is -3.47. The number of pyridine rings is 1. The zero-order valence-corrected chi connectivity index (χ0v) is 10.8. The molecule has 1 aromatic rings. The first-order valence-corrected chi connectivity index (χ1v) is 7.06. The van der Waals surface area contributed by atoms with Gasteiger partial charge in [-0.25, -0.2) is 18.5 Å². The number of amides is 1. The molecule has 0 aliphatic heterocycles. The van der Waals surface area contributed by atoms with E-state index in [1.807, 2.05) is 0 Å². The van der Waals surface area contributed by atoms with E-state index in [-0.39, 0.29) is 24.6 Å². The molecule has 0 aromatic carbocycles. The molecule has 0 saturated carbocycles. The summed E-state index contributed by atoms with van der Waals surface area (Å²) in [5.41, 5.74) is 0.421. The number of nitrogens with zero attached hydrogens (tertiary/aromatic N) is 1. The number of primary sulfonamides is 1. The van der Waals surface area contributed by atoms with Crippen LogP contribution in [0.5, 0.6) is 0 Å². The number of hydrogen-bond acceptors (Lipinski definition) is 5. The SMILES string of the molecule is CNc1ccc(C(=O)NCCCS(N)(=O)=O)cn1. The summed E-state index contributed by atoms with van der Waals surface area (Å²) in [4.78, 5) is 15.6. The Labute approximate surface area is 106 Å². The number of nitrogens with one attached hydrogen (secondary N) is 2. The number of nitrogens with two attached hydrogens (primary N) is 1. The van der Waals surface area contributed by atoms with E-state index in [0.29, 0.717) is 11.4 Å². The Hall–Kier alpha value is -1.67. The van der Waals surface area contributed by atoms with Crippen LogP contribution in [0.2, 0.25) is 0 Å². The Morgan fingerprint density at radius 2 is 2.17 bits per heavy atom. The summed E-state index contributed by atoms with van der Waals surface area (Å²) in [6.07, 6.45) is 1.73. The second-order valence-corrected chi connectivity index (χ2v) is 5.39. The molecule has 0 saturated heterocycles. The van der Waals surface area contributed by atoms with E-state index in [1.165, 1.54) is 6.20 Å². The molecule has 1 amide bonds. The number of carbonyl (C=O) groups excluding carboxylic acids is 1. The summed E-state index contributed by atoms with van der Waals surface area (Å²) in [5, 5.41) is 10.3. The van der Waals surface area contributed by atoms with Gasteiger partial charge in [0, 0.05) is 19.8 Å². The monoisotopic (exact) mass is 272 g/mol. The van der Waals surface area contributed by atoms with Crippen molar-refractivity contribution >= 4 is 21.7 Å². The first-order chi connectivity index (χ1) is 8.42. The van der Waals surface area contributed by atoms with E-state index in [1.54, 1.807) is 19.2 Å². The quantitative estimate of drug-likeness (QED) is 0.606. The Balaban J connectivity index is 2.40. The van der Waals surface area contributed by atoms with E-state index in [2.05, 4.69) is 15.6 Å². The minimum Gasteiger partial charge on any atom is -0.373 e. The van der Waals surface area contributed by atoms with Crippen molar-refractivity contribution < 1.29 is 13.2 Å². The van der Waals surface area contributed by atoms with Gasteiger partial charge in [0.1, 0.15) is 5.82 Å². The highest BCUT2D eigenvalue weighted by molar-refractivity contribution is 7.89. The van der Waals surface area contributed by atoms with E-state index in [4.69, 9.17) is 5.14 Å². The van der Waals surface area contributed by atoms with Crippen LogP contribution in [0.3, 0.4) is 0 Å². The zero-order valence-electron chi connectivity index (χ0n) is 10.0. The molecule has 0 spiro atoms. The van der Waals surface area contributed by atoms with Crippen molar-refractivity contribution in [1.82, 2.24) is 10.3 Å². The summed E-state index contributed by atoms with van der Waals surface area (Å²) in [6, 6.07) is 3.31. The third-order valence-electron chi connectivity index (χ3n) is 2.17. The number of aromatic nitrogens is 1. The number of carbonyl (C=O) groups is 1. The maximum absolute atomic E-state index is 11.6. The van der Waals surface area contributed by atoms with E-state index >= 15 is 0 Å². The van der Waals surface area contributed by atoms with Crippen LogP contribution < -0.4 is 15.8 Å². The lowest BCUT2D eigenvalue weighted by atomic mass is 10.2. The number of sulfonamides is 1. The summed E-state index contributed by atoms with van der Waals surface area (Å²) in [6.45, 7) is 0.253. The van der Waals surface area contributed by atoms with Gasteiger partial charge in [-0.1, -0.05) is 0 Å². The molecule has 1 heterocycles. The highest BCUT2D eigenvalue weighted by Gasteiger charge is 2.06. The van der Waals surface area contributed by atoms with Crippen molar-refractivity contribution in [2.75, 3.05) is 24.7 Å². The predicted molar refractivity (Wildman–Crippen MR) is 68.7 cm³/mol. The second kappa shape index (κ2) is 6.31. The third kappa shape index (κ3) is 5.11. The van der Waals surface area contributed by atoms with Crippen molar-refractivity contribution in [2.45, 2.75) is 6.42 Å². The van der Waals surface area contributed by atoms with Crippen LogP contribution in [0.15, 0.2) is 18.3 Å². The smallest absolute Gasteiger partial charge is 0.252 e. The third-order valence-corrected chi connectivity index (χ3v) is 3.03. The van der Waals surface area contributed by atoms with Crippen LogP contribution in [-0.2, 0) is 10.0 Å². The van der Waals surface area contributed by atoms with Gasteiger partial charge >= 0.3 is 0 Å². The molecule has 100 valence electrons. The molecule has 0 unspecified atom stereocenters. The van der Waals surface area contributed by atoms with Gasteiger partial charge in [0.05, 0.1) is 11.3 Å². The van der Waals surface area contributed by atoms with Gasteiger partial charge in [-0.05, 0) is 18.6 Å². The van der Waals surface area contributed by atoms with Crippen molar-refractivity contribution in [2.24, 2.45) is 5.14 Å². The van der Waals surface area contributed by atoms with Crippen LogP contribution in [0.4, 0.5) is 5.82 Å². The lowest BCUT2D eigenvalue weighted by Crippen LogP contribution is -2.27. The van der Waals surface area contributed by atoms with Gasteiger partial charge in [0.15, 0.2) is 0 Å². The summed E-state index contributed by atoms with van der Waals surface area (Å²) < 4.78 is 21.3. The molecule has 0 radical (unpaired) electrons. The van der Waals surface area contributed by atoms with Crippen LogP contribution in [0.25, 0.3) is 0 Å². The molecule has 4 N–H and O–H groups in total. The van der Waals surface area contributed by atoms with Crippen molar-refractivity contribution in [1.29, 1.82) is 0 Å². The van der Waals surface area contributed by atoms with Gasteiger partial charge < -0.3 is 10.6 Å². The molecule has 18 heavy (non-hydrogen) atoms. The zero-order chi connectivity index (χ0) is 13.6. The summed E-state index contributed by atoms with van der Waals surface area (Å²) >= 11 is 0. The van der Waals surface area contributed by atoms with Gasteiger partial charge in [-0.2, -0.15) is 0 Å². The molecule has 0 aliphatic carbocycles. The predicted octanol–water partition coefficient (Wildman–Crippen LogP) is -0.468. The standard InChI is InChI=1S/C10H16N4O3S/c1-12-9-4-3-8(7-14-9)10(15)13-5-2-6-18(11,16)17/h3-4,7H,2,5-6H2,1H3,(H,12,14)(H,13,15)(H2,11,16,17). The summed E-state index contributed by atoms with van der Waals surface area (Å²) in [7, 11) is -1.74. The average molecular weight is 272 g/mol. The number of anilines is 1. The molecular weight excluding hydrogens is 256 g/mol. The van der Waals surface area contributed by atoms with Crippen molar-refractivity contribution in [3.05, 3.63) is 23.9 Å². The Bertz CT molecular complexity index is 498. The topological polar surface area (TPSA) is 114 Å². The van der Waals surface area contributed by atoms with Crippen molar-refractivity contribution in [3.63, 3.8) is 0 Å². The van der Waals surface area contributed by atoms with E-state index in [0.717, 1.165) is 0 Å². The van der Waals surface area contributed by atoms with Crippen LogP contribution in [0, 0.1) is 0 Å². The average Bonchev–Trinajstić information content (AvgIpc) is 2.33. The molecule has 0 aliphatic rings. The molecule has 1 rings (SSSR count). The van der Waals surface area contributed by atoms with Crippen molar-refractivity contribution in [3.8, 4) is 0 Å². The first kappa shape index (κ1) is 14.4. The highest BCUT2D eigenvalue weighted by Crippen LogP contribution is 2.03. The maximum atomic E-state index is 11.6. The normalized spacial score (nSPS) is 11.0. The molecule has 7 nitrogen and oxygen atoms in total. The Morgan fingerprint density at radius 1 is 1.44 bits per heavy atom. The van der Waals surface area contributed by atoms with Gasteiger partial charge in [-0.3, -0.25) is 4.79 Å². The molecular formula is C10H16N4O3S. The Kier molecular flexibility index (Phi) is 5.05. The lowest BCUT2D eigenvalue weighted by Gasteiger charge is -2.05. The highest BCUT2D eigenvalue weighted by atomic mass is 32.2. The maximum Gasteiger partial charge on any atom is 0.252 e. The van der Waals surface area contributed by atoms with Crippen LogP contribution >= 0.6 is 0 Å². The molecule has 0 bridgehead atoms. The molecule has 1 aromatic heterocycles. The van der Waals surface area contributed by atoms with Crippen LogP contribution in [0.1, 0.15) is 16.8 Å². The summed E-state index contributed by atoms with van der Waals surface area (Å²) in [5.74, 6) is 0.227. The number of hydrogen-bond donors (Lipinski definition) is 3. The van der Waals surface area contributed by atoms with E-state index in [9.17, 15) is 13.2 Å². The number of rotatable bonds is 6. The second-order valence-electron chi connectivity index (χ2n) is 3.66. The first-order valence-electron chi connectivity index (χ1n) is 5.35. The Morgan fingerprint density at radius 3 is 2.67 bits per heavy atom. The lowest BCUT2D eigenvalue weighted by molar-refractivity contribution is 0.0953. The van der Waals surface area contributed by atoms with Gasteiger partial charge in [-0.15, -0.1) is 0 Å². The molecule has 8 heteroatoms. The largest absolute Gasteiger partial charge is 0.373 e. The molecule has 0 fully saturated rings. The van der Waals surface area contributed by atoms with E-state index < -0.39 is 10.0 Å². The fourth-order valence-electron chi connectivity index (χ4n) is 1.25. The minimum absolute atomic E-state index is 0.149. The fourth-order valence-corrected chi connectivity index (χ4v) is 1.80. The fraction of sp³-hybridized carbons (Fsp3) is 0.400. The van der Waals surface area contributed by atoms with Gasteiger partial charge in [0.2, 0.25) is 10.0 Å². The van der Waals surface area contributed by atoms with Crippen LogP contribution in [-0.4, -0.2) is 38.7 Å². The molecule has 0 atom stereocenters. The van der Waals surface area contributed by atoms with Gasteiger partial charge in [0.25, 0.3) is 5.91 Å².